The van der Waals surface area contributed by atoms with Gasteiger partial charge in [-0.15, -0.1) is 0 Å². The largest absolute Gasteiger partial charge is 0.306 e. The van der Waals surface area contributed by atoms with Gasteiger partial charge in [0.25, 0.3) is 0 Å². The SMILES string of the molecule is CCNC(c1ccccc1F)c1cc(F)c(F)cc1Cl. The molecule has 0 aromatic heterocycles. The van der Waals surface area contributed by atoms with E-state index in [0.29, 0.717) is 17.7 Å². The third-order valence-corrected chi connectivity index (χ3v) is 3.30. The van der Waals surface area contributed by atoms with E-state index < -0.39 is 23.5 Å². The third-order valence-electron chi connectivity index (χ3n) is 2.98. The topological polar surface area (TPSA) is 12.0 Å². The van der Waals surface area contributed by atoms with E-state index in [9.17, 15) is 13.2 Å². The maximum Gasteiger partial charge on any atom is 0.160 e. The fourth-order valence-corrected chi connectivity index (χ4v) is 2.32. The van der Waals surface area contributed by atoms with Crippen LogP contribution in [0, 0.1) is 17.5 Å². The van der Waals surface area contributed by atoms with E-state index in [4.69, 9.17) is 11.6 Å². The van der Waals surface area contributed by atoms with E-state index in [1.54, 1.807) is 18.2 Å². The number of hydrogen-bond acceptors (Lipinski definition) is 1. The molecular formula is C15H13ClF3N. The summed E-state index contributed by atoms with van der Waals surface area (Å²) in [5, 5.41) is 3.08. The van der Waals surface area contributed by atoms with Gasteiger partial charge in [-0.3, -0.25) is 0 Å². The molecule has 2 aromatic carbocycles. The first kappa shape index (κ1) is 14.9. The molecule has 1 N–H and O–H groups in total. The fraction of sp³-hybridized carbons (Fsp3) is 0.200. The lowest BCUT2D eigenvalue weighted by Gasteiger charge is -2.21. The van der Waals surface area contributed by atoms with E-state index in [-0.39, 0.29) is 5.02 Å². The normalized spacial score (nSPS) is 12.4. The molecule has 1 atom stereocenters. The Morgan fingerprint density at radius 1 is 1.00 bits per heavy atom. The maximum atomic E-state index is 13.9. The number of benzene rings is 2. The molecule has 0 aliphatic carbocycles. The lowest BCUT2D eigenvalue weighted by molar-refractivity contribution is 0.502. The van der Waals surface area contributed by atoms with E-state index in [2.05, 4.69) is 5.32 Å². The summed E-state index contributed by atoms with van der Waals surface area (Å²) in [7, 11) is 0. The first-order chi connectivity index (χ1) is 9.54. The molecule has 0 spiro atoms. The minimum atomic E-state index is -1.03. The monoisotopic (exact) mass is 299 g/mol. The van der Waals surface area contributed by atoms with Crippen molar-refractivity contribution in [1.82, 2.24) is 5.32 Å². The predicted molar refractivity (Wildman–Crippen MR) is 73.3 cm³/mol. The van der Waals surface area contributed by atoms with E-state index in [1.165, 1.54) is 6.07 Å². The summed E-state index contributed by atoms with van der Waals surface area (Å²) >= 11 is 5.97. The van der Waals surface area contributed by atoms with Gasteiger partial charge in [-0.25, -0.2) is 13.2 Å². The molecule has 0 saturated carbocycles. The summed E-state index contributed by atoms with van der Waals surface area (Å²) in [5.74, 6) is -2.47. The van der Waals surface area contributed by atoms with Crippen LogP contribution in [0.3, 0.4) is 0 Å². The Morgan fingerprint density at radius 2 is 1.65 bits per heavy atom. The molecule has 1 unspecified atom stereocenters. The molecule has 0 heterocycles. The summed E-state index contributed by atoms with van der Waals surface area (Å²) in [6.07, 6.45) is 0. The van der Waals surface area contributed by atoms with E-state index >= 15 is 0 Å². The summed E-state index contributed by atoms with van der Waals surface area (Å²) in [4.78, 5) is 0. The van der Waals surface area contributed by atoms with Gasteiger partial charge in [0, 0.05) is 10.6 Å². The lowest BCUT2D eigenvalue weighted by Crippen LogP contribution is -2.23. The summed E-state index contributed by atoms with van der Waals surface area (Å²) in [6.45, 7) is 2.36. The second-order valence-electron chi connectivity index (χ2n) is 4.30. The molecule has 0 aliphatic heterocycles. The minimum Gasteiger partial charge on any atom is -0.306 e. The molecule has 0 bridgehead atoms. The predicted octanol–water partition coefficient (Wildman–Crippen LogP) is 4.46. The first-order valence-electron chi connectivity index (χ1n) is 6.16. The minimum absolute atomic E-state index is 0.0538. The molecule has 2 aromatic rings. The van der Waals surface area contributed by atoms with Crippen molar-refractivity contribution < 1.29 is 13.2 Å². The van der Waals surface area contributed by atoms with Crippen molar-refractivity contribution in [3.63, 3.8) is 0 Å². The van der Waals surface area contributed by atoms with Gasteiger partial charge in [-0.05, 0) is 30.3 Å². The van der Waals surface area contributed by atoms with Crippen molar-refractivity contribution >= 4 is 11.6 Å². The van der Waals surface area contributed by atoms with Crippen molar-refractivity contribution in [3.8, 4) is 0 Å². The van der Waals surface area contributed by atoms with Crippen LogP contribution in [-0.4, -0.2) is 6.54 Å². The molecule has 2 rings (SSSR count). The van der Waals surface area contributed by atoms with Crippen LogP contribution < -0.4 is 5.32 Å². The third kappa shape index (κ3) is 2.97. The molecule has 0 amide bonds. The van der Waals surface area contributed by atoms with Crippen LogP contribution in [0.5, 0.6) is 0 Å². The highest BCUT2D eigenvalue weighted by atomic mass is 35.5. The molecule has 106 valence electrons. The number of nitrogens with one attached hydrogen (secondary N) is 1. The van der Waals surface area contributed by atoms with Gasteiger partial charge < -0.3 is 5.32 Å². The molecular weight excluding hydrogens is 287 g/mol. The van der Waals surface area contributed by atoms with Crippen LogP contribution in [-0.2, 0) is 0 Å². The molecule has 0 saturated heterocycles. The quantitative estimate of drug-likeness (QED) is 0.822. The Kier molecular flexibility index (Phi) is 4.68. The van der Waals surface area contributed by atoms with Gasteiger partial charge in [0.1, 0.15) is 5.82 Å². The Hall–Kier alpha value is -1.52. The molecule has 5 heteroatoms. The highest BCUT2D eigenvalue weighted by Crippen LogP contribution is 2.31. The van der Waals surface area contributed by atoms with Crippen LogP contribution in [0.4, 0.5) is 13.2 Å². The Balaban J connectivity index is 2.54. The van der Waals surface area contributed by atoms with Gasteiger partial charge in [0.05, 0.1) is 6.04 Å². The van der Waals surface area contributed by atoms with Crippen molar-refractivity contribution in [3.05, 3.63) is 70.0 Å². The Labute approximate surface area is 120 Å². The smallest absolute Gasteiger partial charge is 0.160 e. The second kappa shape index (κ2) is 6.29. The van der Waals surface area contributed by atoms with Gasteiger partial charge in [-0.2, -0.15) is 0 Å². The fourth-order valence-electron chi connectivity index (χ4n) is 2.06. The van der Waals surface area contributed by atoms with Gasteiger partial charge in [0.2, 0.25) is 0 Å². The average Bonchev–Trinajstić information content (AvgIpc) is 2.42. The van der Waals surface area contributed by atoms with Crippen molar-refractivity contribution in [2.75, 3.05) is 6.54 Å². The zero-order valence-corrected chi connectivity index (χ0v) is 11.5. The van der Waals surface area contributed by atoms with Crippen molar-refractivity contribution in [1.29, 1.82) is 0 Å². The van der Waals surface area contributed by atoms with Crippen molar-refractivity contribution in [2.24, 2.45) is 0 Å². The molecule has 1 nitrogen and oxygen atoms in total. The number of rotatable bonds is 4. The highest BCUT2D eigenvalue weighted by Gasteiger charge is 2.21. The van der Waals surface area contributed by atoms with E-state index in [1.807, 2.05) is 6.92 Å². The standard InChI is InChI=1S/C15H13ClF3N/c1-2-20-15(9-5-3-4-6-12(9)17)10-7-13(18)14(19)8-11(10)16/h3-8,15,20H,2H2,1H3. The van der Waals surface area contributed by atoms with Gasteiger partial charge >= 0.3 is 0 Å². The summed E-state index contributed by atoms with van der Waals surface area (Å²) in [5.41, 5.74) is 0.639. The Morgan fingerprint density at radius 3 is 2.30 bits per heavy atom. The van der Waals surface area contributed by atoms with Crippen molar-refractivity contribution in [2.45, 2.75) is 13.0 Å². The van der Waals surface area contributed by atoms with Crippen LogP contribution in [0.15, 0.2) is 36.4 Å². The average molecular weight is 300 g/mol. The number of hydrogen-bond donors (Lipinski definition) is 1. The molecule has 0 aliphatic rings. The zero-order valence-electron chi connectivity index (χ0n) is 10.8. The molecule has 20 heavy (non-hydrogen) atoms. The molecule has 0 fully saturated rings. The summed E-state index contributed by atoms with van der Waals surface area (Å²) < 4.78 is 40.5. The first-order valence-corrected chi connectivity index (χ1v) is 6.54. The van der Waals surface area contributed by atoms with E-state index in [0.717, 1.165) is 12.1 Å². The van der Waals surface area contributed by atoms with Crippen LogP contribution in [0.2, 0.25) is 5.02 Å². The zero-order chi connectivity index (χ0) is 14.7. The van der Waals surface area contributed by atoms with Crippen LogP contribution in [0.25, 0.3) is 0 Å². The van der Waals surface area contributed by atoms with Gasteiger partial charge in [0.15, 0.2) is 11.6 Å². The highest BCUT2D eigenvalue weighted by molar-refractivity contribution is 6.31. The van der Waals surface area contributed by atoms with Crippen LogP contribution in [0.1, 0.15) is 24.1 Å². The summed E-state index contributed by atoms with van der Waals surface area (Å²) in [6, 6.07) is 7.40. The second-order valence-corrected chi connectivity index (χ2v) is 4.71. The lowest BCUT2D eigenvalue weighted by atomic mass is 9.97. The maximum absolute atomic E-state index is 13.9. The van der Waals surface area contributed by atoms with Crippen LogP contribution >= 0.6 is 11.6 Å². The molecule has 0 radical (unpaired) electrons. The Bertz CT molecular complexity index is 616. The van der Waals surface area contributed by atoms with Gasteiger partial charge in [-0.1, -0.05) is 36.7 Å². The number of halogens is 4.